The standard InChI is InChI=1S/C10H14ClNO/c1-4-10(3,5-2)12-7-8(11)6-9(12)13/h1,8H,5-7H2,2-3H3. The Kier molecular flexibility index (Phi) is 2.87. The highest BCUT2D eigenvalue weighted by molar-refractivity contribution is 6.22. The van der Waals surface area contributed by atoms with E-state index in [9.17, 15) is 4.79 Å². The van der Waals surface area contributed by atoms with Gasteiger partial charge in [-0.3, -0.25) is 4.79 Å². The second kappa shape index (κ2) is 3.59. The number of carbonyl (C=O) groups excluding carboxylic acids is 1. The summed E-state index contributed by atoms with van der Waals surface area (Å²) in [5.74, 6) is 2.74. The molecule has 0 aromatic carbocycles. The highest BCUT2D eigenvalue weighted by Crippen LogP contribution is 2.27. The van der Waals surface area contributed by atoms with Gasteiger partial charge < -0.3 is 4.90 Å². The van der Waals surface area contributed by atoms with Gasteiger partial charge in [-0.05, 0) is 13.3 Å². The first kappa shape index (κ1) is 10.4. The zero-order valence-corrected chi connectivity index (χ0v) is 8.77. The van der Waals surface area contributed by atoms with Gasteiger partial charge in [0, 0.05) is 13.0 Å². The molecular weight excluding hydrogens is 186 g/mol. The smallest absolute Gasteiger partial charge is 0.225 e. The Hall–Kier alpha value is -0.680. The number of rotatable bonds is 2. The molecule has 1 amide bonds. The third-order valence-corrected chi connectivity index (χ3v) is 2.97. The predicted octanol–water partition coefficient (Wildman–Crippen LogP) is 1.63. The number of hydrogen-bond acceptors (Lipinski definition) is 1. The van der Waals surface area contributed by atoms with Crippen molar-refractivity contribution in [2.45, 2.75) is 37.6 Å². The monoisotopic (exact) mass is 199 g/mol. The van der Waals surface area contributed by atoms with Crippen molar-refractivity contribution in [3.8, 4) is 12.3 Å². The number of nitrogens with zero attached hydrogens (tertiary/aromatic N) is 1. The van der Waals surface area contributed by atoms with Gasteiger partial charge in [0.2, 0.25) is 5.91 Å². The van der Waals surface area contributed by atoms with Crippen LogP contribution in [0, 0.1) is 12.3 Å². The zero-order chi connectivity index (χ0) is 10.1. The van der Waals surface area contributed by atoms with Crippen molar-refractivity contribution in [2.75, 3.05) is 6.54 Å². The highest BCUT2D eigenvalue weighted by Gasteiger charge is 2.38. The minimum atomic E-state index is -0.458. The minimum Gasteiger partial charge on any atom is -0.325 e. The minimum absolute atomic E-state index is 0.0716. The molecule has 1 fully saturated rings. The summed E-state index contributed by atoms with van der Waals surface area (Å²) < 4.78 is 0. The lowest BCUT2D eigenvalue weighted by molar-refractivity contribution is -0.131. The molecule has 0 aliphatic carbocycles. The molecular formula is C10H14ClNO. The van der Waals surface area contributed by atoms with Crippen molar-refractivity contribution in [3.05, 3.63) is 0 Å². The first-order valence-corrected chi connectivity index (χ1v) is 4.89. The molecule has 2 atom stereocenters. The molecule has 0 spiro atoms. The average Bonchev–Trinajstić information content (AvgIpc) is 2.44. The maximum atomic E-state index is 11.5. The number of amides is 1. The van der Waals surface area contributed by atoms with Gasteiger partial charge in [-0.1, -0.05) is 12.8 Å². The topological polar surface area (TPSA) is 20.3 Å². The van der Waals surface area contributed by atoms with Gasteiger partial charge in [0.15, 0.2) is 0 Å². The number of hydrogen-bond donors (Lipinski definition) is 0. The fourth-order valence-electron chi connectivity index (χ4n) is 1.51. The molecule has 72 valence electrons. The van der Waals surface area contributed by atoms with Crippen LogP contribution in [0.4, 0.5) is 0 Å². The van der Waals surface area contributed by atoms with E-state index in [0.717, 1.165) is 6.42 Å². The zero-order valence-electron chi connectivity index (χ0n) is 8.01. The quantitative estimate of drug-likeness (QED) is 0.489. The van der Waals surface area contributed by atoms with Crippen LogP contribution in [-0.2, 0) is 4.79 Å². The van der Waals surface area contributed by atoms with E-state index < -0.39 is 5.54 Å². The second-order valence-electron chi connectivity index (χ2n) is 3.58. The summed E-state index contributed by atoms with van der Waals surface area (Å²) in [5.41, 5.74) is -0.458. The van der Waals surface area contributed by atoms with E-state index in [0.29, 0.717) is 13.0 Å². The van der Waals surface area contributed by atoms with Crippen molar-refractivity contribution in [1.82, 2.24) is 4.90 Å². The van der Waals surface area contributed by atoms with Crippen molar-refractivity contribution in [2.24, 2.45) is 0 Å². The van der Waals surface area contributed by atoms with Crippen LogP contribution in [0.1, 0.15) is 26.7 Å². The lowest BCUT2D eigenvalue weighted by Gasteiger charge is -2.33. The first-order chi connectivity index (χ1) is 6.03. The van der Waals surface area contributed by atoms with Gasteiger partial charge in [-0.25, -0.2) is 0 Å². The summed E-state index contributed by atoms with van der Waals surface area (Å²) in [6, 6.07) is 0. The molecule has 2 unspecified atom stereocenters. The van der Waals surface area contributed by atoms with Crippen LogP contribution in [0.25, 0.3) is 0 Å². The summed E-state index contributed by atoms with van der Waals surface area (Å²) in [5, 5.41) is -0.0771. The first-order valence-electron chi connectivity index (χ1n) is 4.46. The summed E-state index contributed by atoms with van der Waals surface area (Å²) in [6.45, 7) is 4.46. The molecule has 1 rings (SSSR count). The van der Waals surface area contributed by atoms with Gasteiger partial charge in [0.05, 0.1) is 5.38 Å². The summed E-state index contributed by atoms with van der Waals surface area (Å²) in [6.07, 6.45) is 6.60. The van der Waals surface area contributed by atoms with Gasteiger partial charge in [-0.15, -0.1) is 18.0 Å². The third kappa shape index (κ3) is 1.81. The van der Waals surface area contributed by atoms with E-state index in [1.54, 1.807) is 4.90 Å². The van der Waals surface area contributed by atoms with Gasteiger partial charge in [0.25, 0.3) is 0 Å². The third-order valence-electron chi connectivity index (χ3n) is 2.67. The Bertz CT molecular complexity index is 258. The Labute approximate surface area is 84.2 Å². The van der Waals surface area contributed by atoms with Crippen LogP contribution in [0.15, 0.2) is 0 Å². The SMILES string of the molecule is C#CC(C)(CC)N1CC(Cl)CC1=O. The van der Waals surface area contributed by atoms with Crippen molar-refractivity contribution in [1.29, 1.82) is 0 Å². The maximum Gasteiger partial charge on any atom is 0.225 e. The lowest BCUT2D eigenvalue weighted by Crippen LogP contribution is -2.45. The fraction of sp³-hybridized carbons (Fsp3) is 0.700. The largest absolute Gasteiger partial charge is 0.325 e. The summed E-state index contributed by atoms with van der Waals surface area (Å²) in [7, 11) is 0. The molecule has 1 aliphatic rings. The summed E-state index contributed by atoms with van der Waals surface area (Å²) in [4.78, 5) is 13.2. The van der Waals surface area contributed by atoms with Crippen LogP contribution < -0.4 is 0 Å². The van der Waals surface area contributed by atoms with Gasteiger partial charge >= 0.3 is 0 Å². The number of terminal acetylenes is 1. The second-order valence-corrected chi connectivity index (χ2v) is 4.19. The van der Waals surface area contributed by atoms with Crippen molar-refractivity contribution >= 4 is 17.5 Å². The molecule has 0 N–H and O–H groups in total. The van der Waals surface area contributed by atoms with E-state index in [2.05, 4.69) is 5.92 Å². The Morgan fingerprint density at radius 2 is 2.46 bits per heavy atom. The molecule has 1 saturated heterocycles. The molecule has 0 aromatic heterocycles. The van der Waals surface area contributed by atoms with E-state index in [1.165, 1.54) is 0 Å². The number of halogens is 1. The molecule has 1 heterocycles. The molecule has 0 bridgehead atoms. The van der Waals surface area contributed by atoms with Crippen molar-refractivity contribution < 1.29 is 4.79 Å². The Morgan fingerprint density at radius 1 is 1.85 bits per heavy atom. The van der Waals surface area contributed by atoms with E-state index in [1.807, 2.05) is 13.8 Å². The van der Waals surface area contributed by atoms with E-state index in [4.69, 9.17) is 18.0 Å². The highest BCUT2D eigenvalue weighted by atomic mass is 35.5. The van der Waals surface area contributed by atoms with Crippen LogP contribution >= 0.6 is 11.6 Å². The molecule has 0 aromatic rings. The molecule has 1 aliphatic heterocycles. The molecule has 3 heteroatoms. The number of carbonyl (C=O) groups is 1. The lowest BCUT2D eigenvalue weighted by atomic mass is 9.98. The maximum absolute atomic E-state index is 11.5. The van der Waals surface area contributed by atoms with Gasteiger partial charge in [-0.2, -0.15) is 0 Å². The number of alkyl halides is 1. The molecule has 13 heavy (non-hydrogen) atoms. The van der Waals surface area contributed by atoms with Crippen LogP contribution in [0.3, 0.4) is 0 Å². The van der Waals surface area contributed by atoms with Crippen LogP contribution in [-0.4, -0.2) is 28.3 Å². The van der Waals surface area contributed by atoms with Crippen molar-refractivity contribution in [3.63, 3.8) is 0 Å². The molecule has 0 saturated carbocycles. The van der Waals surface area contributed by atoms with Crippen LogP contribution in [0.2, 0.25) is 0 Å². The summed E-state index contributed by atoms with van der Waals surface area (Å²) >= 11 is 5.89. The van der Waals surface area contributed by atoms with Crippen LogP contribution in [0.5, 0.6) is 0 Å². The normalized spacial score (nSPS) is 27.1. The van der Waals surface area contributed by atoms with Gasteiger partial charge in [0.1, 0.15) is 5.54 Å². The molecule has 0 radical (unpaired) electrons. The average molecular weight is 200 g/mol. The fourth-order valence-corrected chi connectivity index (χ4v) is 1.78. The molecule has 2 nitrogen and oxygen atoms in total. The predicted molar refractivity (Wildman–Crippen MR) is 53.5 cm³/mol. The Balaban J connectivity index is 2.83. The van der Waals surface area contributed by atoms with E-state index in [-0.39, 0.29) is 11.3 Å². The van der Waals surface area contributed by atoms with E-state index >= 15 is 0 Å². The Morgan fingerprint density at radius 3 is 2.77 bits per heavy atom. The number of likely N-dealkylation sites (tertiary alicyclic amines) is 1.